The van der Waals surface area contributed by atoms with E-state index in [1.54, 1.807) is 0 Å². The molecule has 0 saturated heterocycles. The van der Waals surface area contributed by atoms with Gasteiger partial charge < -0.3 is 10.3 Å². The first-order valence-corrected chi connectivity index (χ1v) is 8.97. The van der Waals surface area contributed by atoms with E-state index < -0.39 is 0 Å². The van der Waals surface area contributed by atoms with E-state index in [1.165, 1.54) is 28.6 Å². The first kappa shape index (κ1) is 17.2. The van der Waals surface area contributed by atoms with Crippen LogP contribution in [0.25, 0.3) is 0 Å². The van der Waals surface area contributed by atoms with Gasteiger partial charge in [-0.3, -0.25) is 0 Å². The molecule has 1 N–H and O–H groups in total. The third kappa shape index (κ3) is 4.08. The normalized spacial score (nSPS) is 16.4. The molecule has 1 aliphatic heterocycles. The summed E-state index contributed by atoms with van der Waals surface area (Å²) in [5.41, 5.74) is 5.24. The van der Waals surface area contributed by atoms with Gasteiger partial charge in [-0.1, -0.05) is 74.5 Å². The molecule has 0 spiro atoms. The second kappa shape index (κ2) is 7.98. The molecule has 1 unspecified atom stereocenters. The van der Waals surface area contributed by atoms with Gasteiger partial charge in [-0.05, 0) is 41.5 Å². The monoisotopic (exact) mass is 330 g/mol. The Morgan fingerprint density at radius 2 is 1.76 bits per heavy atom. The van der Waals surface area contributed by atoms with E-state index in [9.17, 15) is 0 Å². The zero-order chi connectivity index (χ0) is 17.6. The Kier molecular flexibility index (Phi) is 5.49. The second-order valence-corrected chi connectivity index (χ2v) is 6.98. The lowest BCUT2D eigenvalue weighted by atomic mass is 9.93. The lowest BCUT2D eigenvalue weighted by Gasteiger charge is -2.32. The third-order valence-electron chi connectivity index (χ3n) is 4.48. The fraction of sp³-hybridized carbons (Fsp3) is 0.261. The fourth-order valence-corrected chi connectivity index (χ4v) is 3.41. The van der Waals surface area contributed by atoms with Crippen molar-refractivity contribution in [3.05, 3.63) is 89.6 Å². The van der Waals surface area contributed by atoms with Crippen LogP contribution < -0.4 is 4.90 Å². The van der Waals surface area contributed by atoms with Gasteiger partial charge in [0.25, 0.3) is 0 Å². The van der Waals surface area contributed by atoms with E-state index in [0.29, 0.717) is 5.92 Å². The molecule has 1 aliphatic rings. The molecule has 2 aromatic carbocycles. The summed E-state index contributed by atoms with van der Waals surface area (Å²) in [7, 11) is 0. The van der Waals surface area contributed by atoms with Crippen LogP contribution in [0.5, 0.6) is 0 Å². The summed E-state index contributed by atoms with van der Waals surface area (Å²) >= 11 is 0. The molecule has 128 valence electrons. The van der Waals surface area contributed by atoms with Crippen LogP contribution in [-0.2, 0) is 12.8 Å². The van der Waals surface area contributed by atoms with Gasteiger partial charge in [-0.15, -0.1) is 0 Å². The predicted octanol–water partition coefficient (Wildman–Crippen LogP) is 5.38. The standard InChI is InChI=1S/C23H26N2/c1-18(2)15-20-11-8-12-21(16-19-9-4-3-5-10-19)23(20)25-14-7-6-13-22(25)17-24/h3-14,17-18,22,24H,15-16H2,1-2H3. The average Bonchev–Trinajstić information content (AvgIpc) is 2.62. The number of rotatable bonds is 6. The van der Waals surface area contributed by atoms with Crippen molar-refractivity contribution < 1.29 is 0 Å². The molecule has 1 heterocycles. The van der Waals surface area contributed by atoms with E-state index in [0.717, 1.165) is 12.8 Å². The van der Waals surface area contributed by atoms with Crippen LogP contribution in [0.1, 0.15) is 30.5 Å². The Labute approximate surface area is 151 Å². The fourth-order valence-electron chi connectivity index (χ4n) is 3.41. The molecule has 0 fully saturated rings. The largest absolute Gasteiger partial charge is 0.336 e. The molecule has 0 radical (unpaired) electrons. The minimum absolute atomic E-state index is 0.0205. The van der Waals surface area contributed by atoms with E-state index >= 15 is 0 Å². The molecule has 2 nitrogen and oxygen atoms in total. The molecule has 2 aromatic rings. The average molecular weight is 330 g/mol. The highest BCUT2D eigenvalue weighted by Crippen LogP contribution is 2.32. The van der Waals surface area contributed by atoms with Gasteiger partial charge >= 0.3 is 0 Å². The van der Waals surface area contributed by atoms with Crippen LogP contribution in [-0.4, -0.2) is 12.3 Å². The Bertz CT molecular complexity index is 772. The Hall–Kier alpha value is -2.61. The van der Waals surface area contributed by atoms with Crippen molar-refractivity contribution >= 4 is 11.9 Å². The molecule has 3 rings (SSSR count). The van der Waals surface area contributed by atoms with Crippen molar-refractivity contribution in [2.75, 3.05) is 4.90 Å². The lowest BCUT2D eigenvalue weighted by Crippen LogP contribution is -2.33. The van der Waals surface area contributed by atoms with Gasteiger partial charge in [0.2, 0.25) is 0 Å². The van der Waals surface area contributed by atoms with Gasteiger partial charge in [-0.25, -0.2) is 0 Å². The lowest BCUT2D eigenvalue weighted by molar-refractivity contribution is 0.646. The zero-order valence-corrected chi connectivity index (χ0v) is 15.0. The van der Waals surface area contributed by atoms with Gasteiger partial charge in [-0.2, -0.15) is 0 Å². The predicted molar refractivity (Wildman–Crippen MR) is 108 cm³/mol. The Morgan fingerprint density at radius 3 is 2.48 bits per heavy atom. The number of nitrogens with one attached hydrogen (secondary N) is 1. The highest BCUT2D eigenvalue weighted by atomic mass is 15.2. The maximum atomic E-state index is 7.83. The molecular weight excluding hydrogens is 304 g/mol. The van der Waals surface area contributed by atoms with Crippen molar-refractivity contribution in [1.82, 2.24) is 0 Å². The summed E-state index contributed by atoms with van der Waals surface area (Å²) in [6.45, 7) is 4.52. The van der Waals surface area contributed by atoms with Crippen LogP contribution in [0, 0.1) is 11.3 Å². The number of hydrogen-bond donors (Lipinski definition) is 1. The number of allylic oxidation sites excluding steroid dienone is 2. The van der Waals surface area contributed by atoms with E-state index in [-0.39, 0.29) is 6.04 Å². The molecule has 0 amide bonds. The van der Waals surface area contributed by atoms with Crippen molar-refractivity contribution in [3.8, 4) is 0 Å². The summed E-state index contributed by atoms with van der Waals surface area (Å²) in [5, 5.41) is 7.83. The van der Waals surface area contributed by atoms with Crippen LogP contribution in [0.4, 0.5) is 5.69 Å². The molecule has 25 heavy (non-hydrogen) atoms. The van der Waals surface area contributed by atoms with Gasteiger partial charge in [0.15, 0.2) is 0 Å². The van der Waals surface area contributed by atoms with E-state index in [2.05, 4.69) is 85.6 Å². The summed E-state index contributed by atoms with van der Waals surface area (Å²) in [5.74, 6) is 0.591. The van der Waals surface area contributed by atoms with E-state index in [4.69, 9.17) is 5.41 Å². The highest BCUT2D eigenvalue weighted by Gasteiger charge is 2.21. The van der Waals surface area contributed by atoms with E-state index in [1.807, 2.05) is 6.08 Å². The van der Waals surface area contributed by atoms with Gasteiger partial charge in [0, 0.05) is 18.1 Å². The Balaban J connectivity index is 2.06. The molecular formula is C23H26N2. The summed E-state index contributed by atoms with van der Waals surface area (Å²) in [4.78, 5) is 2.24. The van der Waals surface area contributed by atoms with Crippen molar-refractivity contribution in [3.63, 3.8) is 0 Å². The maximum Gasteiger partial charge on any atom is 0.0867 e. The van der Waals surface area contributed by atoms with Crippen LogP contribution >= 0.6 is 0 Å². The zero-order valence-electron chi connectivity index (χ0n) is 15.0. The molecule has 2 heteroatoms. The first-order valence-electron chi connectivity index (χ1n) is 8.97. The Morgan fingerprint density at radius 1 is 1.00 bits per heavy atom. The quantitative estimate of drug-likeness (QED) is 0.707. The molecule has 0 bridgehead atoms. The topological polar surface area (TPSA) is 27.1 Å². The summed E-state index contributed by atoms with van der Waals surface area (Å²) < 4.78 is 0. The number of anilines is 1. The van der Waals surface area contributed by atoms with Gasteiger partial charge in [0.05, 0.1) is 6.04 Å². The number of nitrogens with zero attached hydrogens (tertiary/aromatic N) is 1. The first-order chi connectivity index (χ1) is 12.2. The van der Waals surface area contributed by atoms with Crippen LogP contribution in [0.3, 0.4) is 0 Å². The summed E-state index contributed by atoms with van der Waals surface area (Å²) in [6, 6.07) is 17.2. The third-order valence-corrected chi connectivity index (χ3v) is 4.48. The number of benzene rings is 2. The molecule has 0 saturated carbocycles. The van der Waals surface area contributed by atoms with Crippen LogP contribution in [0.2, 0.25) is 0 Å². The highest BCUT2D eigenvalue weighted by molar-refractivity contribution is 5.76. The SMILES string of the molecule is CC(C)Cc1cccc(Cc2ccccc2)c1N1C=CC=CC1C=N. The summed E-state index contributed by atoms with van der Waals surface area (Å²) in [6.07, 6.45) is 11.7. The maximum absolute atomic E-state index is 7.83. The smallest absolute Gasteiger partial charge is 0.0867 e. The minimum atomic E-state index is -0.0205. The minimum Gasteiger partial charge on any atom is -0.336 e. The molecule has 1 atom stereocenters. The molecule has 0 aromatic heterocycles. The van der Waals surface area contributed by atoms with Crippen molar-refractivity contribution in [1.29, 1.82) is 5.41 Å². The number of hydrogen-bond acceptors (Lipinski definition) is 2. The van der Waals surface area contributed by atoms with Crippen molar-refractivity contribution in [2.24, 2.45) is 5.92 Å². The second-order valence-electron chi connectivity index (χ2n) is 6.98. The number of para-hydroxylation sites is 1. The van der Waals surface area contributed by atoms with Gasteiger partial charge in [0.1, 0.15) is 0 Å². The van der Waals surface area contributed by atoms with Crippen molar-refractivity contribution in [2.45, 2.75) is 32.7 Å². The molecule has 0 aliphatic carbocycles. The van der Waals surface area contributed by atoms with Crippen LogP contribution in [0.15, 0.2) is 73.0 Å².